The summed E-state index contributed by atoms with van der Waals surface area (Å²) in [4.78, 5) is 14.0. The van der Waals surface area contributed by atoms with E-state index in [-0.39, 0.29) is 12.0 Å². The Bertz CT molecular complexity index is 729. The van der Waals surface area contributed by atoms with Crippen LogP contribution >= 0.6 is 11.6 Å². The number of benzene rings is 2. The van der Waals surface area contributed by atoms with Crippen molar-refractivity contribution in [3.05, 3.63) is 70.2 Å². The molecule has 0 saturated carbocycles. The van der Waals surface area contributed by atoms with E-state index in [1.165, 1.54) is 0 Å². The SMILES string of the molecule is N#Cc1ccc(C(=O)N2CC(OCc3ccc(Cl)cc3)C2)cc1. The van der Waals surface area contributed by atoms with Crippen LogP contribution in [0.5, 0.6) is 0 Å². The number of likely N-dealkylation sites (tertiary alicyclic amines) is 1. The first kappa shape index (κ1) is 15.5. The molecule has 0 atom stereocenters. The second-order valence-electron chi connectivity index (χ2n) is 5.46. The maximum absolute atomic E-state index is 12.3. The van der Waals surface area contributed by atoms with Crippen LogP contribution in [0.3, 0.4) is 0 Å². The molecule has 4 nitrogen and oxygen atoms in total. The molecule has 5 heteroatoms. The second-order valence-corrected chi connectivity index (χ2v) is 5.90. The summed E-state index contributed by atoms with van der Waals surface area (Å²) in [6.45, 7) is 1.69. The average Bonchev–Trinajstić information content (AvgIpc) is 2.55. The second kappa shape index (κ2) is 6.82. The van der Waals surface area contributed by atoms with Gasteiger partial charge >= 0.3 is 0 Å². The van der Waals surface area contributed by atoms with E-state index in [1.54, 1.807) is 29.2 Å². The zero-order valence-corrected chi connectivity index (χ0v) is 13.2. The summed E-state index contributed by atoms with van der Waals surface area (Å²) in [6.07, 6.45) is 0.0630. The molecular formula is C18H15ClN2O2. The minimum absolute atomic E-state index is 0.0270. The van der Waals surface area contributed by atoms with Crippen molar-refractivity contribution >= 4 is 17.5 Å². The molecule has 1 saturated heterocycles. The van der Waals surface area contributed by atoms with Gasteiger partial charge in [0.1, 0.15) is 0 Å². The van der Waals surface area contributed by atoms with Crippen LogP contribution in [0.2, 0.25) is 5.02 Å². The summed E-state index contributed by atoms with van der Waals surface area (Å²) in [5.41, 5.74) is 2.21. The number of carbonyl (C=O) groups excluding carboxylic acids is 1. The van der Waals surface area contributed by atoms with Crippen molar-refractivity contribution in [1.82, 2.24) is 4.90 Å². The van der Waals surface area contributed by atoms with E-state index in [2.05, 4.69) is 0 Å². The number of nitriles is 1. The molecule has 0 spiro atoms. The first-order valence-corrected chi connectivity index (χ1v) is 7.69. The molecule has 0 radical (unpaired) electrons. The molecule has 1 aliphatic heterocycles. The normalized spacial score (nSPS) is 14.2. The molecule has 1 fully saturated rings. The third kappa shape index (κ3) is 3.70. The highest BCUT2D eigenvalue weighted by Gasteiger charge is 2.31. The minimum Gasteiger partial charge on any atom is -0.370 e. The summed E-state index contributed by atoms with van der Waals surface area (Å²) in [5.74, 6) is -0.0270. The Kier molecular flexibility index (Phi) is 4.61. The molecule has 2 aromatic rings. The van der Waals surface area contributed by atoms with Crippen LogP contribution in [0.15, 0.2) is 48.5 Å². The third-order valence-electron chi connectivity index (χ3n) is 3.80. The van der Waals surface area contributed by atoms with Crippen molar-refractivity contribution in [3.8, 4) is 6.07 Å². The molecule has 2 aromatic carbocycles. The quantitative estimate of drug-likeness (QED) is 0.866. The van der Waals surface area contributed by atoms with Crippen molar-refractivity contribution in [1.29, 1.82) is 5.26 Å². The highest BCUT2D eigenvalue weighted by atomic mass is 35.5. The third-order valence-corrected chi connectivity index (χ3v) is 4.05. The van der Waals surface area contributed by atoms with E-state index < -0.39 is 0 Å². The zero-order chi connectivity index (χ0) is 16.2. The van der Waals surface area contributed by atoms with E-state index in [1.807, 2.05) is 30.3 Å². The van der Waals surface area contributed by atoms with Gasteiger partial charge in [-0.3, -0.25) is 4.79 Å². The lowest BCUT2D eigenvalue weighted by atomic mass is 10.1. The highest BCUT2D eigenvalue weighted by Crippen LogP contribution is 2.18. The van der Waals surface area contributed by atoms with Gasteiger partial charge in [-0.05, 0) is 42.0 Å². The Labute approximate surface area is 139 Å². The van der Waals surface area contributed by atoms with E-state index >= 15 is 0 Å². The lowest BCUT2D eigenvalue weighted by molar-refractivity contribution is -0.0503. The largest absolute Gasteiger partial charge is 0.370 e. The number of hydrogen-bond acceptors (Lipinski definition) is 3. The van der Waals surface area contributed by atoms with E-state index in [0.29, 0.717) is 35.8 Å². The molecule has 0 N–H and O–H groups in total. The number of amides is 1. The fourth-order valence-electron chi connectivity index (χ4n) is 2.37. The molecule has 1 aliphatic rings. The molecule has 1 amide bonds. The molecule has 0 aliphatic carbocycles. The lowest BCUT2D eigenvalue weighted by Gasteiger charge is -2.39. The van der Waals surface area contributed by atoms with Gasteiger partial charge in [-0.1, -0.05) is 23.7 Å². The number of nitrogens with zero attached hydrogens (tertiary/aromatic N) is 2. The van der Waals surface area contributed by atoms with E-state index in [9.17, 15) is 4.79 Å². The topological polar surface area (TPSA) is 53.3 Å². The van der Waals surface area contributed by atoms with Crippen molar-refractivity contribution in [3.63, 3.8) is 0 Å². The maximum Gasteiger partial charge on any atom is 0.254 e. The van der Waals surface area contributed by atoms with Gasteiger partial charge in [0.05, 0.1) is 24.3 Å². The summed E-state index contributed by atoms with van der Waals surface area (Å²) in [7, 11) is 0. The smallest absolute Gasteiger partial charge is 0.254 e. The fraction of sp³-hybridized carbons (Fsp3) is 0.222. The van der Waals surface area contributed by atoms with Gasteiger partial charge < -0.3 is 9.64 Å². The first-order chi connectivity index (χ1) is 11.2. The van der Waals surface area contributed by atoms with Gasteiger partial charge in [0, 0.05) is 23.7 Å². The Morgan fingerprint density at radius 3 is 2.43 bits per heavy atom. The Morgan fingerprint density at radius 1 is 1.17 bits per heavy atom. The molecule has 3 rings (SSSR count). The van der Waals surface area contributed by atoms with Crippen molar-refractivity contribution in [2.24, 2.45) is 0 Å². The lowest BCUT2D eigenvalue weighted by Crippen LogP contribution is -2.54. The Morgan fingerprint density at radius 2 is 1.83 bits per heavy atom. The molecular weight excluding hydrogens is 312 g/mol. The van der Waals surface area contributed by atoms with Gasteiger partial charge in [-0.2, -0.15) is 5.26 Å². The van der Waals surface area contributed by atoms with Gasteiger partial charge in [-0.15, -0.1) is 0 Å². The van der Waals surface area contributed by atoms with Crippen LogP contribution in [0.4, 0.5) is 0 Å². The molecule has 0 bridgehead atoms. The van der Waals surface area contributed by atoms with Gasteiger partial charge in [0.15, 0.2) is 0 Å². The summed E-state index contributed by atoms with van der Waals surface area (Å²) in [6, 6.07) is 16.2. The van der Waals surface area contributed by atoms with Crippen LogP contribution < -0.4 is 0 Å². The van der Waals surface area contributed by atoms with Crippen molar-refractivity contribution in [2.75, 3.05) is 13.1 Å². The summed E-state index contributed by atoms with van der Waals surface area (Å²) < 4.78 is 5.78. The summed E-state index contributed by atoms with van der Waals surface area (Å²) >= 11 is 5.84. The standard InChI is InChI=1S/C18H15ClN2O2/c19-16-7-3-14(4-8-16)12-23-17-10-21(11-17)18(22)15-5-1-13(9-20)2-6-15/h1-8,17H,10-12H2. The molecule has 23 heavy (non-hydrogen) atoms. The number of ether oxygens (including phenoxy) is 1. The monoisotopic (exact) mass is 326 g/mol. The van der Waals surface area contributed by atoms with Gasteiger partial charge in [-0.25, -0.2) is 0 Å². The average molecular weight is 327 g/mol. The van der Waals surface area contributed by atoms with Crippen LogP contribution in [-0.4, -0.2) is 30.0 Å². The fourth-order valence-corrected chi connectivity index (χ4v) is 2.50. The van der Waals surface area contributed by atoms with Crippen LogP contribution in [-0.2, 0) is 11.3 Å². The zero-order valence-electron chi connectivity index (χ0n) is 12.4. The van der Waals surface area contributed by atoms with E-state index in [4.69, 9.17) is 21.6 Å². The molecule has 0 unspecified atom stereocenters. The first-order valence-electron chi connectivity index (χ1n) is 7.31. The Balaban J connectivity index is 1.47. The predicted octanol–water partition coefficient (Wildman–Crippen LogP) is 3.25. The van der Waals surface area contributed by atoms with E-state index in [0.717, 1.165) is 5.56 Å². The number of carbonyl (C=O) groups is 1. The highest BCUT2D eigenvalue weighted by molar-refractivity contribution is 6.30. The molecule has 0 aromatic heterocycles. The Hall–Kier alpha value is -2.35. The van der Waals surface area contributed by atoms with Crippen LogP contribution in [0, 0.1) is 11.3 Å². The van der Waals surface area contributed by atoms with Gasteiger partial charge in [0.25, 0.3) is 5.91 Å². The number of rotatable bonds is 4. The van der Waals surface area contributed by atoms with Crippen molar-refractivity contribution in [2.45, 2.75) is 12.7 Å². The molecule has 1 heterocycles. The van der Waals surface area contributed by atoms with Crippen LogP contribution in [0.25, 0.3) is 0 Å². The minimum atomic E-state index is -0.0270. The molecule has 116 valence electrons. The maximum atomic E-state index is 12.3. The number of hydrogen-bond donors (Lipinski definition) is 0. The van der Waals surface area contributed by atoms with Gasteiger partial charge in [0.2, 0.25) is 0 Å². The van der Waals surface area contributed by atoms with Crippen LogP contribution in [0.1, 0.15) is 21.5 Å². The summed E-state index contributed by atoms with van der Waals surface area (Å²) in [5, 5.41) is 9.47. The number of halogens is 1. The van der Waals surface area contributed by atoms with Crippen molar-refractivity contribution < 1.29 is 9.53 Å². The predicted molar refractivity (Wildman–Crippen MR) is 87.1 cm³/mol.